The number of carbonyl (C=O) groups excluding carboxylic acids is 1. The molecule has 12 heavy (non-hydrogen) atoms. The largest absolute Gasteiger partial charge is 0.464 e. The summed E-state index contributed by atoms with van der Waals surface area (Å²) in [4.78, 5) is 14.8. The molecule has 0 unspecified atom stereocenters. The van der Waals surface area contributed by atoms with Crippen LogP contribution in [0.25, 0.3) is 0 Å². The van der Waals surface area contributed by atoms with E-state index in [1.807, 2.05) is 7.85 Å². The number of ether oxygens (including phenoxy) is 1. The standard InChI is InChI=1S/C7H7BClNO2/c1-12-7(11)6-5(9)2-4(8)3-10-6/h2-3H,8H2,1H3. The molecule has 1 rings (SSSR count). The SMILES string of the molecule is Bc1cnc(C(=O)OC)c(Cl)c1. The number of pyridine rings is 1. The Morgan fingerprint density at radius 2 is 2.42 bits per heavy atom. The Balaban J connectivity index is 3.09. The van der Waals surface area contributed by atoms with E-state index in [2.05, 4.69) is 9.72 Å². The summed E-state index contributed by atoms with van der Waals surface area (Å²) in [5, 5.41) is 0.321. The highest BCUT2D eigenvalue weighted by Crippen LogP contribution is 2.11. The van der Waals surface area contributed by atoms with Crippen LogP contribution in [0.15, 0.2) is 12.3 Å². The Bertz CT molecular complexity index is 316. The average molecular weight is 183 g/mol. The van der Waals surface area contributed by atoms with E-state index in [0.717, 1.165) is 5.46 Å². The minimum absolute atomic E-state index is 0.157. The van der Waals surface area contributed by atoms with Crippen LogP contribution in [-0.2, 0) is 4.74 Å². The molecule has 0 spiro atoms. The Morgan fingerprint density at radius 3 is 2.92 bits per heavy atom. The van der Waals surface area contributed by atoms with Crippen molar-refractivity contribution in [3.8, 4) is 0 Å². The van der Waals surface area contributed by atoms with Crippen molar-refractivity contribution in [3.63, 3.8) is 0 Å². The van der Waals surface area contributed by atoms with Crippen LogP contribution in [0.5, 0.6) is 0 Å². The molecule has 0 bridgehead atoms. The van der Waals surface area contributed by atoms with E-state index in [-0.39, 0.29) is 5.69 Å². The first-order chi connectivity index (χ1) is 5.65. The van der Waals surface area contributed by atoms with Gasteiger partial charge in [-0.15, -0.1) is 0 Å². The molecule has 0 aliphatic rings. The fourth-order valence-electron chi connectivity index (χ4n) is 0.780. The lowest BCUT2D eigenvalue weighted by Crippen LogP contribution is -2.10. The number of nitrogens with zero attached hydrogens (tertiary/aromatic N) is 1. The summed E-state index contributed by atoms with van der Waals surface area (Å²) in [5.74, 6) is -0.514. The molecule has 0 radical (unpaired) electrons. The summed E-state index contributed by atoms with van der Waals surface area (Å²) in [6.45, 7) is 0. The molecule has 1 aromatic rings. The van der Waals surface area contributed by atoms with Gasteiger partial charge in [0.2, 0.25) is 0 Å². The highest BCUT2D eigenvalue weighted by molar-refractivity contribution is 6.37. The molecule has 0 saturated heterocycles. The van der Waals surface area contributed by atoms with Gasteiger partial charge in [-0.25, -0.2) is 9.78 Å². The van der Waals surface area contributed by atoms with Crippen molar-refractivity contribution >= 4 is 30.9 Å². The molecule has 1 aromatic heterocycles. The summed E-state index contributed by atoms with van der Waals surface area (Å²) >= 11 is 5.74. The van der Waals surface area contributed by atoms with E-state index >= 15 is 0 Å². The summed E-state index contributed by atoms with van der Waals surface area (Å²) in [6, 6.07) is 1.67. The molecule has 0 amide bonds. The van der Waals surface area contributed by atoms with Gasteiger partial charge in [-0.1, -0.05) is 17.1 Å². The predicted molar refractivity (Wildman–Crippen MR) is 48.8 cm³/mol. The Kier molecular flexibility index (Phi) is 2.71. The number of hydrogen-bond donors (Lipinski definition) is 0. The highest BCUT2D eigenvalue weighted by Gasteiger charge is 2.11. The van der Waals surface area contributed by atoms with Crippen molar-refractivity contribution in [1.29, 1.82) is 0 Å². The minimum Gasteiger partial charge on any atom is -0.464 e. The fraction of sp³-hybridized carbons (Fsp3) is 0.143. The second-order valence-corrected chi connectivity index (χ2v) is 2.74. The third kappa shape index (κ3) is 1.77. The number of methoxy groups -OCH3 is 1. The lowest BCUT2D eigenvalue weighted by molar-refractivity contribution is 0.0594. The topological polar surface area (TPSA) is 39.2 Å². The quantitative estimate of drug-likeness (QED) is 0.446. The van der Waals surface area contributed by atoms with Gasteiger partial charge in [-0.05, 0) is 6.07 Å². The number of esters is 1. The number of aromatic nitrogens is 1. The van der Waals surface area contributed by atoms with Gasteiger partial charge in [0.1, 0.15) is 7.85 Å². The van der Waals surface area contributed by atoms with Crippen molar-refractivity contribution in [2.24, 2.45) is 0 Å². The van der Waals surface area contributed by atoms with Gasteiger partial charge in [-0.2, -0.15) is 0 Å². The normalized spacial score (nSPS) is 9.50. The van der Waals surface area contributed by atoms with Gasteiger partial charge in [-0.3, -0.25) is 0 Å². The maximum atomic E-state index is 11.0. The van der Waals surface area contributed by atoms with Crippen molar-refractivity contribution in [2.75, 3.05) is 7.11 Å². The third-order valence-electron chi connectivity index (χ3n) is 1.36. The van der Waals surface area contributed by atoms with Gasteiger partial charge in [0, 0.05) is 6.20 Å². The predicted octanol–water partition coefficient (Wildman–Crippen LogP) is -0.220. The molecule has 0 aliphatic carbocycles. The molecular weight excluding hydrogens is 176 g/mol. The van der Waals surface area contributed by atoms with Gasteiger partial charge in [0.25, 0.3) is 0 Å². The van der Waals surface area contributed by atoms with Crippen LogP contribution in [0.4, 0.5) is 0 Å². The van der Waals surface area contributed by atoms with E-state index in [1.54, 1.807) is 12.3 Å². The summed E-state index contributed by atoms with van der Waals surface area (Å²) in [7, 11) is 3.14. The van der Waals surface area contributed by atoms with Crippen molar-refractivity contribution in [1.82, 2.24) is 4.98 Å². The second kappa shape index (κ2) is 3.58. The lowest BCUT2D eigenvalue weighted by Gasteiger charge is -2.00. The van der Waals surface area contributed by atoms with Crippen LogP contribution in [0, 0.1) is 0 Å². The van der Waals surface area contributed by atoms with Gasteiger partial charge >= 0.3 is 5.97 Å². The smallest absolute Gasteiger partial charge is 0.358 e. The van der Waals surface area contributed by atoms with Crippen LogP contribution >= 0.6 is 11.6 Å². The van der Waals surface area contributed by atoms with Crippen LogP contribution < -0.4 is 5.46 Å². The van der Waals surface area contributed by atoms with Crippen LogP contribution in [0.3, 0.4) is 0 Å². The molecule has 62 valence electrons. The summed E-state index contributed by atoms with van der Waals surface area (Å²) < 4.78 is 4.47. The fourth-order valence-corrected chi connectivity index (χ4v) is 1.08. The molecule has 0 saturated carbocycles. The molecule has 0 N–H and O–H groups in total. The Labute approximate surface area is 76.1 Å². The van der Waals surface area contributed by atoms with Crippen molar-refractivity contribution < 1.29 is 9.53 Å². The van der Waals surface area contributed by atoms with Crippen molar-refractivity contribution in [2.45, 2.75) is 0 Å². The second-order valence-electron chi connectivity index (χ2n) is 2.33. The minimum atomic E-state index is -0.514. The van der Waals surface area contributed by atoms with E-state index in [1.165, 1.54) is 7.11 Å². The third-order valence-corrected chi connectivity index (χ3v) is 1.64. The molecule has 0 atom stereocenters. The number of carbonyl (C=O) groups is 1. The molecular formula is C7H7BClNO2. The van der Waals surface area contributed by atoms with E-state index in [4.69, 9.17) is 11.6 Å². The molecule has 3 nitrogen and oxygen atoms in total. The summed E-state index contributed by atoms with van der Waals surface area (Å²) in [6.07, 6.45) is 1.57. The maximum Gasteiger partial charge on any atom is 0.358 e. The molecule has 5 heteroatoms. The van der Waals surface area contributed by atoms with E-state index < -0.39 is 5.97 Å². The number of hydrogen-bond acceptors (Lipinski definition) is 3. The van der Waals surface area contributed by atoms with Crippen LogP contribution in [0.1, 0.15) is 10.5 Å². The monoisotopic (exact) mass is 183 g/mol. The van der Waals surface area contributed by atoms with Crippen LogP contribution in [-0.4, -0.2) is 25.9 Å². The van der Waals surface area contributed by atoms with E-state index in [0.29, 0.717) is 5.02 Å². The maximum absolute atomic E-state index is 11.0. The van der Waals surface area contributed by atoms with Crippen LogP contribution in [0.2, 0.25) is 5.02 Å². The molecule has 0 aliphatic heterocycles. The zero-order chi connectivity index (χ0) is 9.14. The molecule has 0 aromatic carbocycles. The number of rotatable bonds is 1. The zero-order valence-corrected chi connectivity index (χ0v) is 7.55. The average Bonchev–Trinajstić information content (AvgIpc) is 2.03. The summed E-state index contributed by atoms with van der Waals surface area (Å²) in [5.41, 5.74) is 1.07. The molecule has 0 fully saturated rings. The molecule has 1 heterocycles. The first-order valence-electron chi connectivity index (χ1n) is 3.35. The first-order valence-corrected chi connectivity index (χ1v) is 3.73. The lowest BCUT2D eigenvalue weighted by atomic mass is 9.99. The van der Waals surface area contributed by atoms with E-state index in [9.17, 15) is 4.79 Å². The highest BCUT2D eigenvalue weighted by atomic mass is 35.5. The van der Waals surface area contributed by atoms with Gasteiger partial charge < -0.3 is 4.74 Å². The Morgan fingerprint density at radius 1 is 1.75 bits per heavy atom. The zero-order valence-electron chi connectivity index (χ0n) is 6.80. The van der Waals surface area contributed by atoms with Gasteiger partial charge in [0.15, 0.2) is 5.69 Å². The van der Waals surface area contributed by atoms with Crippen molar-refractivity contribution in [3.05, 3.63) is 23.0 Å². The first kappa shape index (κ1) is 9.07. The van der Waals surface area contributed by atoms with Gasteiger partial charge in [0.05, 0.1) is 12.1 Å². The number of halogens is 1. The Hall–Kier alpha value is -1.03.